The van der Waals surface area contributed by atoms with Gasteiger partial charge in [0.2, 0.25) is 5.88 Å². The Kier molecular flexibility index (Phi) is 4.29. The number of anilines is 1. The van der Waals surface area contributed by atoms with E-state index in [0.29, 0.717) is 11.6 Å². The monoisotopic (exact) mass is 357 g/mol. The highest BCUT2D eigenvalue weighted by Gasteiger charge is 2.08. The van der Waals surface area contributed by atoms with Gasteiger partial charge >= 0.3 is 0 Å². The van der Waals surface area contributed by atoms with E-state index in [9.17, 15) is 4.79 Å². The quantitative estimate of drug-likeness (QED) is 0.776. The van der Waals surface area contributed by atoms with Crippen LogP contribution in [-0.4, -0.2) is 22.5 Å². The van der Waals surface area contributed by atoms with E-state index < -0.39 is 0 Å². The summed E-state index contributed by atoms with van der Waals surface area (Å²) in [6.07, 6.45) is 1.42. The lowest BCUT2D eigenvalue weighted by atomic mass is 10.2. The molecular formula is C16H12BrN3O2. The van der Waals surface area contributed by atoms with Crippen LogP contribution in [0.2, 0.25) is 0 Å². The minimum absolute atomic E-state index is 0.118. The Bertz CT molecular complexity index is 818. The first-order valence-corrected chi connectivity index (χ1v) is 7.39. The van der Waals surface area contributed by atoms with Crippen LogP contribution in [0.25, 0.3) is 10.9 Å². The third-order valence-electron chi connectivity index (χ3n) is 2.95. The molecule has 110 valence electrons. The Hall–Kier alpha value is -2.47. The second-order valence-electron chi connectivity index (χ2n) is 4.54. The third-order valence-corrected chi connectivity index (χ3v) is 3.45. The summed E-state index contributed by atoms with van der Waals surface area (Å²) in [5.41, 5.74) is 1.48. The van der Waals surface area contributed by atoms with E-state index in [1.165, 1.54) is 6.33 Å². The van der Waals surface area contributed by atoms with Crippen LogP contribution in [0.15, 0.2) is 59.3 Å². The molecule has 0 bridgehead atoms. The Labute approximate surface area is 135 Å². The van der Waals surface area contributed by atoms with Crippen LogP contribution >= 0.6 is 15.9 Å². The Balaban J connectivity index is 1.68. The Morgan fingerprint density at radius 3 is 2.86 bits per heavy atom. The molecule has 2 aromatic carbocycles. The fourth-order valence-corrected chi connectivity index (χ4v) is 2.39. The van der Waals surface area contributed by atoms with E-state index in [4.69, 9.17) is 4.74 Å². The molecule has 1 heterocycles. The number of aromatic nitrogens is 2. The SMILES string of the molecule is O=C(COc1ncnc2ccccc12)Nc1cccc(Br)c1. The Morgan fingerprint density at radius 2 is 2.00 bits per heavy atom. The van der Waals surface area contributed by atoms with Crippen molar-refractivity contribution >= 4 is 38.4 Å². The summed E-state index contributed by atoms with van der Waals surface area (Å²) in [6.45, 7) is -0.118. The zero-order chi connectivity index (χ0) is 15.4. The van der Waals surface area contributed by atoms with Gasteiger partial charge in [0.25, 0.3) is 5.91 Å². The average Bonchev–Trinajstić information content (AvgIpc) is 2.53. The van der Waals surface area contributed by atoms with Gasteiger partial charge in [-0.05, 0) is 30.3 Å². The van der Waals surface area contributed by atoms with Gasteiger partial charge in [0, 0.05) is 10.2 Å². The maximum Gasteiger partial charge on any atom is 0.262 e. The molecule has 0 unspecified atom stereocenters. The summed E-state index contributed by atoms with van der Waals surface area (Å²) in [4.78, 5) is 20.2. The minimum atomic E-state index is -0.249. The van der Waals surface area contributed by atoms with Crippen molar-refractivity contribution in [3.8, 4) is 5.88 Å². The van der Waals surface area contributed by atoms with Crippen molar-refractivity contribution in [1.82, 2.24) is 9.97 Å². The average molecular weight is 358 g/mol. The lowest BCUT2D eigenvalue weighted by Gasteiger charge is -2.08. The van der Waals surface area contributed by atoms with Crippen LogP contribution < -0.4 is 10.1 Å². The zero-order valence-corrected chi connectivity index (χ0v) is 13.1. The van der Waals surface area contributed by atoms with E-state index in [-0.39, 0.29) is 12.5 Å². The number of para-hydroxylation sites is 1. The van der Waals surface area contributed by atoms with Gasteiger partial charge in [0.1, 0.15) is 6.33 Å². The van der Waals surface area contributed by atoms with Gasteiger partial charge in [-0.15, -0.1) is 0 Å². The summed E-state index contributed by atoms with van der Waals surface area (Å²) in [5.74, 6) is 0.149. The molecule has 0 fully saturated rings. The molecule has 3 rings (SSSR count). The molecule has 0 aliphatic carbocycles. The number of benzene rings is 2. The first-order valence-electron chi connectivity index (χ1n) is 6.60. The maximum atomic E-state index is 11.9. The Morgan fingerprint density at radius 1 is 1.14 bits per heavy atom. The van der Waals surface area contributed by atoms with Crippen molar-refractivity contribution < 1.29 is 9.53 Å². The summed E-state index contributed by atoms with van der Waals surface area (Å²) >= 11 is 3.36. The van der Waals surface area contributed by atoms with Crippen LogP contribution in [-0.2, 0) is 4.79 Å². The van der Waals surface area contributed by atoms with Gasteiger partial charge in [0.15, 0.2) is 6.61 Å². The molecule has 1 aromatic heterocycles. The van der Waals surface area contributed by atoms with Crippen molar-refractivity contribution in [3.05, 3.63) is 59.3 Å². The van der Waals surface area contributed by atoms with E-state index >= 15 is 0 Å². The third kappa shape index (κ3) is 3.40. The van der Waals surface area contributed by atoms with Crippen LogP contribution in [0.3, 0.4) is 0 Å². The molecule has 22 heavy (non-hydrogen) atoms. The summed E-state index contributed by atoms with van der Waals surface area (Å²) in [6, 6.07) is 14.8. The smallest absolute Gasteiger partial charge is 0.262 e. The minimum Gasteiger partial charge on any atom is -0.467 e. The number of fused-ring (bicyclic) bond motifs is 1. The number of carbonyl (C=O) groups excluding carboxylic acids is 1. The molecular weight excluding hydrogens is 346 g/mol. The van der Waals surface area contributed by atoms with E-state index in [2.05, 4.69) is 31.2 Å². The molecule has 1 amide bonds. The largest absolute Gasteiger partial charge is 0.467 e. The first-order chi connectivity index (χ1) is 10.7. The molecule has 6 heteroatoms. The van der Waals surface area contributed by atoms with Gasteiger partial charge in [-0.2, -0.15) is 0 Å². The number of ether oxygens (including phenoxy) is 1. The lowest BCUT2D eigenvalue weighted by Crippen LogP contribution is -2.20. The number of nitrogens with zero attached hydrogens (tertiary/aromatic N) is 2. The normalized spacial score (nSPS) is 10.4. The highest BCUT2D eigenvalue weighted by molar-refractivity contribution is 9.10. The van der Waals surface area contributed by atoms with E-state index in [1.807, 2.05) is 48.5 Å². The molecule has 5 nitrogen and oxygen atoms in total. The fourth-order valence-electron chi connectivity index (χ4n) is 1.99. The van der Waals surface area contributed by atoms with Gasteiger partial charge in [-0.3, -0.25) is 4.79 Å². The summed E-state index contributed by atoms with van der Waals surface area (Å²) < 4.78 is 6.40. The second-order valence-corrected chi connectivity index (χ2v) is 5.46. The predicted molar refractivity (Wildman–Crippen MR) is 87.8 cm³/mol. The first kappa shape index (κ1) is 14.5. The standard InChI is InChI=1S/C16H12BrN3O2/c17-11-4-3-5-12(8-11)20-15(21)9-22-16-13-6-1-2-7-14(13)18-10-19-16/h1-8,10H,9H2,(H,20,21). The van der Waals surface area contributed by atoms with E-state index in [0.717, 1.165) is 15.4 Å². The number of rotatable bonds is 4. The van der Waals surface area contributed by atoms with Crippen molar-refractivity contribution in [2.45, 2.75) is 0 Å². The molecule has 0 saturated heterocycles. The molecule has 0 atom stereocenters. The highest BCUT2D eigenvalue weighted by Crippen LogP contribution is 2.20. The number of hydrogen-bond donors (Lipinski definition) is 1. The fraction of sp³-hybridized carbons (Fsp3) is 0.0625. The van der Waals surface area contributed by atoms with Gasteiger partial charge in [-0.25, -0.2) is 9.97 Å². The molecule has 0 radical (unpaired) electrons. The van der Waals surface area contributed by atoms with Crippen molar-refractivity contribution in [3.63, 3.8) is 0 Å². The topological polar surface area (TPSA) is 64.1 Å². The summed E-state index contributed by atoms with van der Waals surface area (Å²) in [5, 5.41) is 3.54. The molecule has 0 aliphatic heterocycles. The zero-order valence-electron chi connectivity index (χ0n) is 11.5. The van der Waals surface area contributed by atoms with Crippen molar-refractivity contribution in [2.75, 3.05) is 11.9 Å². The molecule has 0 saturated carbocycles. The maximum absolute atomic E-state index is 11.9. The number of nitrogens with one attached hydrogen (secondary N) is 1. The number of hydrogen-bond acceptors (Lipinski definition) is 4. The van der Waals surface area contributed by atoms with Crippen LogP contribution in [0, 0.1) is 0 Å². The van der Waals surface area contributed by atoms with Gasteiger partial charge in [-0.1, -0.05) is 34.1 Å². The van der Waals surface area contributed by atoms with Crippen LogP contribution in [0.5, 0.6) is 5.88 Å². The number of amides is 1. The van der Waals surface area contributed by atoms with Gasteiger partial charge < -0.3 is 10.1 Å². The molecule has 3 aromatic rings. The van der Waals surface area contributed by atoms with Gasteiger partial charge in [0.05, 0.1) is 10.9 Å². The van der Waals surface area contributed by atoms with Crippen molar-refractivity contribution in [2.24, 2.45) is 0 Å². The van der Waals surface area contributed by atoms with E-state index in [1.54, 1.807) is 0 Å². The van der Waals surface area contributed by atoms with Crippen LogP contribution in [0.1, 0.15) is 0 Å². The van der Waals surface area contributed by atoms with Crippen molar-refractivity contribution in [1.29, 1.82) is 0 Å². The lowest BCUT2D eigenvalue weighted by molar-refractivity contribution is -0.118. The molecule has 1 N–H and O–H groups in total. The second kappa shape index (κ2) is 6.53. The molecule has 0 aliphatic rings. The highest BCUT2D eigenvalue weighted by atomic mass is 79.9. The number of halogens is 1. The summed E-state index contributed by atoms with van der Waals surface area (Å²) in [7, 11) is 0. The van der Waals surface area contributed by atoms with Crippen LogP contribution in [0.4, 0.5) is 5.69 Å². The molecule has 0 spiro atoms. The predicted octanol–water partition coefficient (Wildman–Crippen LogP) is 3.41. The number of carbonyl (C=O) groups is 1.